The first kappa shape index (κ1) is 25.3. The van der Waals surface area contributed by atoms with Gasteiger partial charge in [0.05, 0.1) is 17.1 Å². The van der Waals surface area contributed by atoms with Gasteiger partial charge in [-0.25, -0.2) is 8.42 Å². The van der Waals surface area contributed by atoms with Gasteiger partial charge < -0.3 is 10.1 Å². The number of amides is 1. The summed E-state index contributed by atoms with van der Waals surface area (Å²) >= 11 is 0. The van der Waals surface area contributed by atoms with Crippen LogP contribution in [0, 0.1) is 13.8 Å². The lowest BCUT2D eigenvalue weighted by atomic mass is 10.0. The first-order valence-electron chi connectivity index (χ1n) is 11.3. The Bertz CT molecular complexity index is 1200. The molecule has 34 heavy (non-hydrogen) atoms. The maximum Gasteiger partial charge on any atom is 0.264 e. The van der Waals surface area contributed by atoms with Crippen LogP contribution in [0.4, 0.5) is 5.69 Å². The molecule has 180 valence electrons. The number of anilines is 1. The minimum Gasteiger partial charge on any atom is -0.491 e. The first-order valence-corrected chi connectivity index (χ1v) is 12.8. The minimum atomic E-state index is -3.93. The summed E-state index contributed by atoms with van der Waals surface area (Å²) in [6.45, 7) is 8.20. The second-order valence-electron chi connectivity index (χ2n) is 8.56. The molecule has 0 aromatic heterocycles. The van der Waals surface area contributed by atoms with E-state index >= 15 is 0 Å². The van der Waals surface area contributed by atoms with Crippen molar-refractivity contribution < 1.29 is 17.9 Å². The fourth-order valence-corrected chi connectivity index (χ4v) is 5.18. The average molecular weight is 481 g/mol. The molecule has 3 aromatic carbocycles. The summed E-state index contributed by atoms with van der Waals surface area (Å²) < 4.78 is 33.9. The minimum absolute atomic E-state index is 0.135. The Labute approximate surface area is 202 Å². The van der Waals surface area contributed by atoms with Gasteiger partial charge in [-0.05, 0) is 66.8 Å². The van der Waals surface area contributed by atoms with Crippen LogP contribution < -0.4 is 14.4 Å². The maximum absolute atomic E-state index is 13.4. The molecule has 0 fully saturated rings. The van der Waals surface area contributed by atoms with Crippen molar-refractivity contribution in [3.8, 4) is 5.75 Å². The first-order chi connectivity index (χ1) is 16.2. The Morgan fingerprint density at radius 3 is 2.21 bits per heavy atom. The predicted molar refractivity (Wildman–Crippen MR) is 136 cm³/mol. The lowest BCUT2D eigenvalue weighted by Crippen LogP contribution is -2.42. The number of hydrogen-bond acceptors (Lipinski definition) is 4. The normalized spacial score (nSPS) is 11.3. The van der Waals surface area contributed by atoms with E-state index < -0.39 is 15.9 Å². The molecule has 0 atom stereocenters. The molecule has 6 nitrogen and oxygen atoms in total. The van der Waals surface area contributed by atoms with E-state index in [0.29, 0.717) is 11.6 Å². The van der Waals surface area contributed by atoms with Crippen molar-refractivity contribution in [1.29, 1.82) is 0 Å². The van der Waals surface area contributed by atoms with Crippen molar-refractivity contribution in [2.24, 2.45) is 0 Å². The van der Waals surface area contributed by atoms with Crippen molar-refractivity contribution in [1.82, 2.24) is 5.32 Å². The number of para-hydroxylation sites is 1. The van der Waals surface area contributed by atoms with Gasteiger partial charge in [-0.1, -0.05) is 56.3 Å². The van der Waals surface area contributed by atoms with Gasteiger partial charge in [-0.15, -0.1) is 0 Å². The highest BCUT2D eigenvalue weighted by atomic mass is 32.2. The van der Waals surface area contributed by atoms with Gasteiger partial charge in [0, 0.05) is 0 Å². The number of nitrogens with zero attached hydrogens (tertiary/aromatic N) is 1. The van der Waals surface area contributed by atoms with E-state index in [-0.39, 0.29) is 24.6 Å². The molecule has 0 saturated heterocycles. The summed E-state index contributed by atoms with van der Waals surface area (Å²) in [5.74, 6) is 0.704. The van der Waals surface area contributed by atoms with Crippen molar-refractivity contribution in [3.63, 3.8) is 0 Å². The number of ether oxygens (including phenoxy) is 1. The number of carbonyl (C=O) groups excluding carboxylic acids is 1. The van der Waals surface area contributed by atoms with E-state index in [1.54, 1.807) is 30.3 Å². The van der Waals surface area contributed by atoms with Crippen molar-refractivity contribution in [2.45, 2.75) is 38.5 Å². The van der Waals surface area contributed by atoms with Crippen molar-refractivity contribution in [2.75, 3.05) is 24.0 Å². The lowest BCUT2D eigenvalue weighted by molar-refractivity contribution is -0.119. The number of hydrogen-bond donors (Lipinski definition) is 1. The Morgan fingerprint density at radius 1 is 0.941 bits per heavy atom. The van der Waals surface area contributed by atoms with Gasteiger partial charge >= 0.3 is 0 Å². The number of benzene rings is 3. The second kappa shape index (κ2) is 11.2. The van der Waals surface area contributed by atoms with Crippen LogP contribution in [0.3, 0.4) is 0 Å². The predicted octanol–water partition coefficient (Wildman–Crippen LogP) is 4.82. The van der Waals surface area contributed by atoms with Gasteiger partial charge in [0.25, 0.3) is 10.0 Å². The molecule has 0 spiro atoms. The van der Waals surface area contributed by atoms with Gasteiger partial charge in [0.1, 0.15) is 18.9 Å². The summed E-state index contributed by atoms with van der Waals surface area (Å²) in [5.41, 5.74) is 3.39. The molecular formula is C27H32N2O4S. The molecule has 3 rings (SSSR count). The molecule has 0 aliphatic carbocycles. The zero-order valence-corrected chi connectivity index (χ0v) is 20.9. The molecular weight excluding hydrogens is 448 g/mol. The fraction of sp³-hybridized carbons (Fsp3) is 0.296. The molecule has 0 heterocycles. The van der Waals surface area contributed by atoms with E-state index in [9.17, 15) is 13.2 Å². The third-order valence-corrected chi connectivity index (χ3v) is 7.12. The monoisotopic (exact) mass is 480 g/mol. The Kier molecular flexibility index (Phi) is 8.34. The molecule has 0 unspecified atom stereocenters. The van der Waals surface area contributed by atoms with Gasteiger partial charge in [-0.2, -0.15) is 0 Å². The van der Waals surface area contributed by atoms with Crippen LogP contribution in [0.1, 0.15) is 36.5 Å². The summed E-state index contributed by atoms with van der Waals surface area (Å²) in [4.78, 5) is 12.9. The zero-order valence-electron chi connectivity index (χ0n) is 20.1. The van der Waals surface area contributed by atoms with Gasteiger partial charge in [0.15, 0.2) is 0 Å². The largest absolute Gasteiger partial charge is 0.491 e. The van der Waals surface area contributed by atoms with Gasteiger partial charge in [0.2, 0.25) is 5.91 Å². The smallest absolute Gasteiger partial charge is 0.264 e. The second-order valence-corrected chi connectivity index (χ2v) is 10.4. The Hall–Kier alpha value is -3.32. The molecule has 0 radical (unpaired) electrons. The fourth-order valence-electron chi connectivity index (χ4n) is 3.76. The number of aryl methyl sites for hydroxylation is 2. The highest BCUT2D eigenvalue weighted by Crippen LogP contribution is 2.27. The molecule has 0 bridgehead atoms. The van der Waals surface area contributed by atoms with Crippen LogP contribution in [0.5, 0.6) is 5.75 Å². The molecule has 0 aliphatic rings. The van der Waals surface area contributed by atoms with E-state index in [4.69, 9.17) is 4.74 Å². The van der Waals surface area contributed by atoms with Crippen LogP contribution in [0.15, 0.2) is 77.7 Å². The highest BCUT2D eigenvalue weighted by Gasteiger charge is 2.27. The molecule has 7 heteroatoms. The number of rotatable bonds is 10. The summed E-state index contributed by atoms with van der Waals surface area (Å²) in [5, 5.41) is 2.78. The summed E-state index contributed by atoms with van der Waals surface area (Å²) in [7, 11) is -3.93. The standard InChI is InChI=1S/C27H32N2O4S/c1-20(2)25-12-8-9-13-26(25)33-15-14-28-27(30)19-29(23-17-21(3)16-22(4)18-23)34(31,32)24-10-6-5-7-11-24/h5-13,16-18,20H,14-15,19H2,1-4H3,(H,28,30). The third-order valence-electron chi connectivity index (χ3n) is 5.34. The van der Waals surface area contributed by atoms with Crippen LogP contribution in [0.25, 0.3) is 0 Å². The molecule has 3 aromatic rings. The van der Waals surface area contributed by atoms with Crippen molar-refractivity contribution >= 4 is 21.6 Å². The van der Waals surface area contributed by atoms with Crippen molar-refractivity contribution in [3.05, 3.63) is 89.5 Å². The molecule has 0 aliphatic heterocycles. The van der Waals surface area contributed by atoms with Crippen LogP contribution in [-0.2, 0) is 14.8 Å². The van der Waals surface area contributed by atoms with Crippen LogP contribution in [0.2, 0.25) is 0 Å². The Morgan fingerprint density at radius 2 is 1.56 bits per heavy atom. The number of nitrogens with one attached hydrogen (secondary N) is 1. The topological polar surface area (TPSA) is 75.7 Å². The average Bonchev–Trinajstić information content (AvgIpc) is 2.80. The van der Waals surface area contributed by atoms with Gasteiger partial charge in [-0.3, -0.25) is 9.10 Å². The molecule has 0 saturated carbocycles. The number of sulfonamides is 1. The summed E-state index contributed by atoms with van der Waals surface area (Å²) in [6, 6.07) is 21.5. The number of carbonyl (C=O) groups is 1. The zero-order chi connectivity index (χ0) is 24.7. The maximum atomic E-state index is 13.4. The van der Waals surface area contributed by atoms with E-state index in [0.717, 1.165) is 26.7 Å². The summed E-state index contributed by atoms with van der Waals surface area (Å²) in [6.07, 6.45) is 0. The SMILES string of the molecule is Cc1cc(C)cc(N(CC(=O)NCCOc2ccccc2C(C)C)S(=O)(=O)c2ccccc2)c1. The van der Waals surface area contributed by atoms with E-state index in [1.807, 2.05) is 44.2 Å². The quantitative estimate of drug-likeness (QED) is 0.422. The van der Waals surface area contributed by atoms with E-state index in [1.165, 1.54) is 12.1 Å². The van der Waals surface area contributed by atoms with E-state index in [2.05, 4.69) is 19.2 Å². The Balaban J connectivity index is 1.72. The highest BCUT2D eigenvalue weighted by molar-refractivity contribution is 7.92. The molecule has 1 N–H and O–H groups in total. The lowest BCUT2D eigenvalue weighted by Gasteiger charge is -2.25. The van der Waals surface area contributed by atoms with Crippen LogP contribution in [-0.4, -0.2) is 34.0 Å². The van der Waals surface area contributed by atoms with Crippen LogP contribution >= 0.6 is 0 Å². The molecule has 1 amide bonds. The third kappa shape index (κ3) is 6.38.